The van der Waals surface area contributed by atoms with E-state index in [9.17, 15) is 4.79 Å². The number of methoxy groups -OCH3 is 1. The van der Waals surface area contributed by atoms with Crippen molar-refractivity contribution < 1.29 is 19.0 Å². The second-order valence-corrected chi connectivity index (χ2v) is 10.8. The number of rotatable bonds is 5. The Bertz CT molecular complexity index is 1050. The van der Waals surface area contributed by atoms with E-state index in [0.717, 1.165) is 63.8 Å². The maximum absolute atomic E-state index is 13.6. The van der Waals surface area contributed by atoms with Gasteiger partial charge in [-0.15, -0.1) is 0 Å². The van der Waals surface area contributed by atoms with Crippen molar-refractivity contribution >= 4 is 17.2 Å². The van der Waals surface area contributed by atoms with Crippen LogP contribution in [-0.4, -0.2) is 31.0 Å². The fourth-order valence-electron chi connectivity index (χ4n) is 6.58. The molecule has 2 heterocycles. The van der Waals surface area contributed by atoms with E-state index in [0.29, 0.717) is 13.2 Å². The average molecular weight is 441 g/mol. The van der Waals surface area contributed by atoms with Gasteiger partial charge in [0.05, 0.1) is 16.9 Å². The molecule has 1 aliphatic heterocycles. The zero-order chi connectivity index (χ0) is 21.0. The summed E-state index contributed by atoms with van der Waals surface area (Å²) in [5.74, 6) is 3.85. The molecule has 1 aromatic carbocycles. The molecular formula is C24H28N2O4S. The first kappa shape index (κ1) is 19.6. The summed E-state index contributed by atoms with van der Waals surface area (Å²) in [6.45, 7) is 1.51. The normalized spacial score (nSPS) is 30.9. The topological polar surface area (TPSA) is 62.1 Å². The molecule has 0 radical (unpaired) electrons. The number of aromatic nitrogens is 1. The molecular weight excluding hydrogens is 412 g/mol. The molecule has 1 amide bonds. The third-order valence-corrected chi connectivity index (χ3v) is 8.67. The summed E-state index contributed by atoms with van der Waals surface area (Å²) >= 11 is 1.56. The van der Waals surface area contributed by atoms with Gasteiger partial charge in [-0.1, -0.05) is 11.3 Å². The lowest BCUT2D eigenvalue weighted by Gasteiger charge is -2.55. The van der Waals surface area contributed by atoms with Crippen molar-refractivity contribution in [1.29, 1.82) is 0 Å². The molecule has 0 N–H and O–H groups in total. The number of carbonyl (C=O) groups is 1. The minimum absolute atomic E-state index is 0.108. The summed E-state index contributed by atoms with van der Waals surface area (Å²) in [6, 6.07) is 5.97. The summed E-state index contributed by atoms with van der Waals surface area (Å²) in [5.41, 5.74) is 0.834. The SMILES string of the molecule is COCCn1cc(-c2ccc3c(c2)OCO3)sc1=NC(=O)C12CC3CC(CC(C3)C1)C2. The van der Waals surface area contributed by atoms with Crippen molar-refractivity contribution in [1.82, 2.24) is 4.57 Å². The first-order valence-electron chi connectivity index (χ1n) is 11.3. The zero-order valence-corrected chi connectivity index (χ0v) is 18.7. The Morgan fingerprint density at radius 1 is 1.16 bits per heavy atom. The van der Waals surface area contributed by atoms with E-state index in [-0.39, 0.29) is 18.1 Å². The minimum atomic E-state index is -0.212. The van der Waals surface area contributed by atoms with Crippen molar-refractivity contribution in [3.8, 4) is 21.9 Å². The van der Waals surface area contributed by atoms with Crippen LogP contribution in [0.4, 0.5) is 0 Å². The van der Waals surface area contributed by atoms with Gasteiger partial charge in [0.2, 0.25) is 6.79 Å². The van der Waals surface area contributed by atoms with Gasteiger partial charge in [0.25, 0.3) is 5.91 Å². The van der Waals surface area contributed by atoms with Gasteiger partial charge in [-0.3, -0.25) is 4.79 Å². The number of fused-ring (bicyclic) bond motifs is 1. The Morgan fingerprint density at radius 2 is 1.87 bits per heavy atom. The summed E-state index contributed by atoms with van der Waals surface area (Å²) in [5, 5.41) is 0. The molecule has 7 rings (SSSR count). The second-order valence-electron chi connectivity index (χ2n) is 9.75. The number of benzene rings is 1. The van der Waals surface area contributed by atoms with Crippen molar-refractivity contribution in [3.63, 3.8) is 0 Å². The lowest BCUT2D eigenvalue weighted by molar-refractivity contribution is -0.142. The van der Waals surface area contributed by atoms with E-state index in [1.807, 2.05) is 18.2 Å². The minimum Gasteiger partial charge on any atom is -0.454 e. The van der Waals surface area contributed by atoms with Crippen molar-refractivity contribution in [2.45, 2.75) is 45.1 Å². The lowest BCUT2D eigenvalue weighted by Crippen LogP contribution is -2.49. The maximum Gasteiger partial charge on any atom is 0.254 e. The van der Waals surface area contributed by atoms with Crippen molar-refractivity contribution in [3.05, 3.63) is 29.2 Å². The van der Waals surface area contributed by atoms with Crippen molar-refractivity contribution in [2.24, 2.45) is 28.2 Å². The molecule has 7 heteroatoms. The van der Waals surface area contributed by atoms with E-state index in [4.69, 9.17) is 19.2 Å². The fourth-order valence-corrected chi connectivity index (χ4v) is 7.59. The quantitative estimate of drug-likeness (QED) is 0.698. The molecule has 164 valence electrons. The van der Waals surface area contributed by atoms with Crippen LogP contribution in [0.3, 0.4) is 0 Å². The molecule has 2 aromatic rings. The zero-order valence-electron chi connectivity index (χ0n) is 17.8. The number of carbonyl (C=O) groups excluding carboxylic acids is 1. The number of hydrogen-bond donors (Lipinski definition) is 0. The van der Waals surface area contributed by atoms with Crippen LogP contribution in [0.15, 0.2) is 29.4 Å². The average Bonchev–Trinajstić information content (AvgIpc) is 3.37. The molecule has 0 atom stereocenters. The molecule has 4 aliphatic carbocycles. The maximum atomic E-state index is 13.6. The van der Waals surface area contributed by atoms with Crippen LogP contribution in [-0.2, 0) is 16.1 Å². The largest absolute Gasteiger partial charge is 0.454 e. The van der Waals surface area contributed by atoms with Crippen LogP contribution in [0.1, 0.15) is 38.5 Å². The first-order valence-corrected chi connectivity index (χ1v) is 12.1. The van der Waals surface area contributed by atoms with Gasteiger partial charge in [0.1, 0.15) is 0 Å². The summed E-state index contributed by atoms with van der Waals surface area (Å²) in [7, 11) is 1.70. The summed E-state index contributed by atoms with van der Waals surface area (Å²) < 4.78 is 18.3. The highest BCUT2D eigenvalue weighted by Gasteiger charge is 2.54. The van der Waals surface area contributed by atoms with E-state index in [1.165, 1.54) is 19.3 Å². The number of hydrogen-bond acceptors (Lipinski definition) is 5. The summed E-state index contributed by atoms with van der Waals surface area (Å²) in [4.78, 5) is 20.1. The number of nitrogens with zero attached hydrogens (tertiary/aromatic N) is 2. The number of amides is 1. The Kier molecular flexibility index (Phi) is 4.72. The third-order valence-electron chi connectivity index (χ3n) is 7.60. The predicted octanol–water partition coefficient (Wildman–Crippen LogP) is 4.24. The van der Waals surface area contributed by atoms with Crippen LogP contribution in [0, 0.1) is 23.2 Å². The smallest absolute Gasteiger partial charge is 0.254 e. The van der Waals surface area contributed by atoms with Gasteiger partial charge >= 0.3 is 0 Å². The van der Waals surface area contributed by atoms with Gasteiger partial charge in [0.15, 0.2) is 16.3 Å². The third kappa shape index (κ3) is 3.42. The molecule has 0 spiro atoms. The standard InChI is InChI=1S/C24H28N2O4S/c1-28-5-4-26-13-21(18-2-3-19-20(9-18)30-14-29-19)31-23(26)25-22(27)24-10-15-6-16(11-24)8-17(7-15)12-24/h2-3,9,13,15-17H,4-8,10-12,14H2,1H3. The molecule has 0 saturated heterocycles. The van der Waals surface area contributed by atoms with E-state index in [2.05, 4.69) is 10.8 Å². The van der Waals surface area contributed by atoms with Crippen LogP contribution < -0.4 is 14.3 Å². The van der Waals surface area contributed by atoms with Crippen LogP contribution in [0.25, 0.3) is 10.4 Å². The molecule has 4 fully saturated rings. The monoisotopic (exact) mass is 440 g/mol. The number of thiazole rings is 1. The Balaban J connectivity index is 1.35. The Labute approximate surface area is 185 Å². The molecule has 5 aliphatic rings. The van der Waals surface area contributed by atoms with Crippen LogP contribution in [0.2, 0.25) is 0 Å². The van der Waals surface area contributed by atoms with Gasteiger partial charge in [-0.25, -0.2) is 0 Å². The highest BCUT2D eigenvalue weighted by atomic mass is 32.1. The van der Waals surface area contributed by atoms with Gasteiger partial charge in [-0.05, 0) is 80.0 Å². The van der Waals surface area contributed by atoms with Gasteiger partial charge < -0.3 is 18.8 Å². The molecule has 6 nitrogen and oxygen atoms in total. The highest BCUT2D eigenvalue weighted by molar-refractivity contribution is 7.12. The second kappa shape index (κ2) is 7.48. The summed E-state index contributed by atoms with van der Waals surface area (Å²) in [6.07, 6.45) is 9.18. The Hall–Kier alpha value is -2.12. The molecule has 31 heavy (non-hydrogen) atoms. The van der Waals surface area contributed by atoms with E-state index in [1.54, 1.807) is 18.4 Å². The molecule has 1 aromatic heterocycles. The predicted molar refractivity (Wildman–Crippen MR) is 117 cm³/mol. The first-order chi connectivity index (χ1) is 15.1. The van der Waals surface area contributed by atoms with Crippen LogP contribution in [0.5, 0.6) is 11.5 Å². The van der Waals surface area contributed by atoms with Crippen molar-refractivity contribution in [2.75, 3.05) is 20.5 Å². The van der Waals surface area contributed by atoms with E-state index < -0.39 is 0 Å². The van der Waals surface area contributed by atoms with Gasteiger partial charge in [0, 0.05) is 19.9 Å². The van der Waals surface area contributed by atoms with Gasteiger partial charge in [-0.2, -0.15) is 4.99 Å². The van der Waals surface area contributed by atoms with Crippen LogP contribution >= 0.6 is 11.3 Å². The lowest BCUT2D eigenvalue weighted by atomic mass is 9.49. The Morgan fingerprint density at radius 3 is 2.58 bits per heavy atom. The molecule has 0 unspecified atom stereocenters. The molecule has 4 bridgehead atoms. The fraction of sp³-hybridized carbons (Fsp3) is 0.583. The number of ether oxygens (including phenoxy) is 3. The van der Waals surface area contributed by atoms with E-state index >= 15 is 0 Å². The molecule has 4 saturated carbocycles. The highest BCUT2D eigenvalue weighted by Crippen LogP contribution is 2.60.